The average Bonchev–Trinajstić information content (AvgIpc) is 3.36. The number of rotatable bonds is 5. The average molecular weight is 497 g/mol. The molecule has 5 aliphatic rings. The number of nitrogens with zero attached hydrogens (tertiary/aromatic N) is 2. The van der Waals surface area contributed by atoms with E-state index in [2.05, 4.69) is 11.0 Å². The molecule has 1 N–H and O–H groups in total. The van der Waals surface area contributed by atoms with Gasteiger partial charge in [-0.2, -0.15) is 0 Å². The number of piperidine rings is 1. The van der Waals surface area contributed by atoms with Gasteiger partial charge in [-0.05, 0) is 80.7 Å². The predicted molar refractivity (Wildman–Crippen MR) is 135 cm³/mol. The number of hydrogen-bond donors (Lipinski definition) is 1. The highest BCUT2D eigenvalue weighted by Crippen LogP contribution is 2.64. The lowest BCUT2D eigenvalue weighted by Crippen LogP contribution is -2.69. The summed E-state index contributed by atoms with van der Waals surface area (Å²) in [4.78, 5) is 17.8. The summed E-state index contributed by atoms with van der Waals surface area (Å²) in [6, 6.07) is 6.28. The Morgan fingerprint density at radius 1 is 1.26 bits per heavy atom. The Balaban J connectivity index is 0.00000229. The van der Waals surface area contributed by atoms with Gasteiger partial charge in [0.25, 0.3) is 0 Å². The number of ether oxygens (including phenoxy) is 1. The van der Waals surface area contributed by atoms with Crippen molar-refractivity contribution < 1.29 is 19.1 Å². The van der Waals surface area contributed by atoms with E-state index in [-0.39, 0.29) is 41.6 Å². The van der Waals surface area contributed by atoms with Crippen LogP contribution in [0.3, 0.4) is 0 Å². The summed E-state index contributed by atoms with van der Waals surface area (Å²) in [6.45, 7) is 2.31. The maximum absolute atomic E-state index is 13.2. The van der Waals surface area contributed by atoms with Crippen molar-refractivity contribution in [2.45, 2.75) is 62.1 Å². The van der Waals surface area contributed by atoms with E-state index in [0.717, 1.165) is 43.7 Å². The molecule has 7 heteroatoms. The third-order valence-corrected chi connectivity index (χ3v) is 9.40. The van der Waals surface area contributed by atoms with E-state index in [4.69, 9.17) is 9.15 Å². The summed E-state index contributed by atoms with van der Waals surface area (Å²) in [5, 5.41) is 10.8. The van der Waals surface area contributed by atoms with E-state index in [0.29, 0.717) is 17.7 Å². The molecule has 6 nitrogen and oxygen atoms in total. The van der Waals surface area contributed by atoms with E-state index < -0.39 is 0 Å². The van der Waals surface area contributed by atoms with Crippen molar-refractivity contribution in [2.24, 2.45) is 11.8 Å². The van der Waals surface area contributed by atoms with Gasteiger partial charge in [0.2, 0.25) is 5.91 Å². The first-order valence-corrected chi connectivity index (χ1v) is 12.8. The van der Waals surface area contributed by atoms with Crippen LogP contribution in [0, 0.1) is 11.8 Å². The lowest BCUT2D eigenvalue weighted by atomic mass is 9.51. The molecule has 1 spiro atoms. The molecule has 1 amide bonds. The fourth-order valence-corrected chi connectivity index (χ4v) is 7.67. The number of halogens is 1. The van der Waals surface area contributed by atoms with Gasteiger partial charge in [-0.25, -0.2) is 0 Å². The Hall–Kier alpha value is -2.44. The number of carbonyl (C=O) groups is 1. The molecule has 186 valence electrons. The molecule has 3 heterocycles. The smallest absolute Gasteiger partial charge is 0.246 e. The fraction of sp³-hybridized carbons (Fsp3) is 0.536. The molecule has 2 aromatic rings. The van der Waals surface area contributed by atoms with Crippen LogP contribution in [0.2, 0.25) is 0 Å². The first-order valence-electron chi connectivity index (χ1n) is 12.8. The van der Waals surface area contributed by atoms with Crippen molar-refractivity contribution in [3.05, 3.63) is 53.5 Å². The van der Waals surface area contributed by atoms with Crippen LogP contribution in [-0.2, 0) is 16.6 Å². The van der Waals surface area contributed by atoms with Gasteiger partial charge in [-0.15, -0.1) is 12.4 Å². The summed E-state index contributed by atoms with van der Waals surface area (Å²) in [7, 11) is 1.90. The van der Waals surface area contributed by atoms with Crippen molar-refractivity contribution in [1.82, 2.24) is 9.80 Å². The molecule has 2 bridgehead atoms. The Morgan fingerprint density at radius 3 is 2.89 bits per heavy atom. The number of hydrogen-bond acceptors (Lipinski definition) is 5. The number of carbonyl (C=O) groups excluding carboxylic acids is 1. The summed E-state index contributed by atoms with van der Waals surface area (Å²) < 4.78 is 11.8. The Kier molecular flexibility index (Phi) is 5.46. The quantitative estimate of drug-likeness (QED) is 0.622. The number of aromatic hydroxyl groups is 1. The second-order valence-corrected chi connectivity index (χ2v) is 11.1. The maximum atomic E-state index is 13.2. The van der Waals surface area contributed by atoms with Crippen LogP contribution in [0.5, 0.6) is 11.5 Å². The topological polar surface area (TPSA) is 66.2 Å². The first kappa shape index (κ1) is 23.0. The zero-order valence-electron chi connectivity index (χ0n) is 20.1. The highest BCUT2D eigenvalue weighted by atomic mass is 35.5. The Bertz CT molecular complexity index is 1160. The molecule has 0 radical (unpaired) electrons. The van der Waals surface area contributed by atoms with Gasteiger partial charge < -0.3 is 19.2 Å². The van der Waals surface area contributed by atoms with Gasteiger partial charge in [0.1, 0.15) is 6.10 Å². The second-order valence-electron chi connectivity index (χ2n) is 11.1. The SMILES string of the molecule is CN(C(=O)/C=C/c1ccoc1)[C@H]1CC[C@H]2[C@H]3Cc4ccc(O)c5c4[C@@]2(CCN3CC2CC2)[C@H]1O5.Cl. The largest absolute Gasteiger partial charge is 0.504 e. The molecule has 2 aliphatic heterocycles. The minimum Gasteiger partial charge on any atom is -0.504 e. The van der Waals surface area contributed by atoms with E-state index in [1.54, 1.807) is 30.7 Å². The number of furan rings is 1. The fourth-order valence-electron chi connectivity index (χ4n) is 7.67. The van der Waals surface area contributed by atoms with Crippen molar-refractivity contribution >= 4 is 24.4 Å². The second kappa shape index (κ2) is 8.31. The zero-order valence-corrected chi connectivity index (χ0v) is 20.9. The predicted octanol–water partition coefficient (Wildman–Crippen LogP) is 4.40. The van der Waals surface area contributed by atoms with Crippen molar-refractivity contribution in [3.8, 4) is 11.5 Å². The van der Waals surface area contributed by atoms with Crippen LogP contribution in [0.15, 0.2) is 41.2 Å². The molecule has 3 fully saturated rings. The number of phenolic OH excluding ortho intramolecular Hbond substituents is 1. The van der Waals surface area contributed by atoms with Gasteiger partial charge in [0, 0.05) is 42.3 Å². The van der Waals surface area contributed by atoms with Gasteiger partial charge in [0.15, 0.2) is 11.5 Å². The number of likely N-dealkylation sites (N-methyl/N-ethyl adjacent to an activating group) is 1. The number of likely N-dealkylation sites (tertiary alicyclic amines) is 1. The number of phenols is 1. The van der Waals surface area contributed by atoms with Crippen LogP contribution >= 0.6 is 12.4 Å². The van der Waals surface area contributed by atoms with E-state index in [1.165, 1.54) is 30.5 Å². The Labute approximate surface area is 212 Å². The van der Waals surface area contributed by atoms with Crippen LogP contribution in [0.25, 0.3) is 6.08 Å². The highest BCUT2D eigenvalue weighted by Gasteiger charge is 2.66. The Morgan fingerprint density at radius 2 is 2.11 bits per heavy atom. The summed E-state index contributed by atoms with van der Waals surface area (Å²) >= 11 is 0. The molecular weight excluding hydrogens is 464 g/mol. The normalized spacial score (nSPS) is 32.6. The summed E-state index contributed by atoms with van der Waals surface area (Å²) in [5.41, 5.74) is 3.36. The standard InChI is InChI=1S/C28H32N2O4.ClH/c1-29(24(32)9-4-18-10-13-33-16-18)21-7-6-20-22-14-19-5-8-23(31)26-25(19)28(20,27(21)34-26)11-12-30(22)15-17-2-3-17;/h4-5,8-10,13,16-17,20-22,27,31H,2-3,6-7,11-12,14-15H2,1H3;1H/b9-4+;/t20-,21-,22+,27-,28-;/m0./s1. The van der Waals surface area contributed by atoms with Gasteiger partial charge in [-0.1, -0.05) is 6.07 Å². The van der Waals surface area contributed by atoms with Crippen LogP contribution in [0.1, 0.15) is 48.8 Å². The van der Waals surface area contributed by atoms with Crippen molar-refractivity contribution in [3.63, 3.8) is 0 Å². The molecule has 1 aromatic carbocycles. The highest BCUT2D eigenvalue weighted by molar-refractivity contribution is 5.91. The van der Waals surface area contributed by atoms with Crippen LogP contribution in [0.4, 0.5) is 0 Å². The van der Waals surface area contributed by atoms with E-state index in [9.17, 15) is 9.90 Å². The molecule has 1 saturated heterocycles. The monoisotopic (exact) mass is 496 g/mol. The summed E-state index contributed by atoms with van der Waals surface area (Å²) in [6.07, 6.45) is 13.4. The van der Waals surface area contributed by atoms with Crippen molar-refractivity contribution in [1.29, 1.82) is 0 Å². The third-order valence-electron chi connectivity index (χ3n) is 9.40. The molecule has 0 unspecified atom stereocenters. The molecule has 1 aromatic heterocycles. The van der Waals surface area contributed by atoms with Crippen LogP contribution < -0.4 is 4.74 Å². The van der Waals surface area contributed by atoms with Gasteiger partial charge in [-0.3, -0.25) is 9.69 Å². The lowest BCUT2D eigenvalue weighted by molar-refractivity contribution is -0.135. The van der Waals surface area contributed by atoms with E-state index >= 15 is 0 Å². The zero-order chi connectivity index (χ0) is 23.0. The van der Waals surface area contributed by atoms with E-state index in [1.807, 2.05) is 18.0 Å². The molecule has 7 rings (SSSR count). The maximum Gasteiger partial charge on any atom is 0.246 e. The molecule has 3 aliphatic carbocycles. The number of amides is 1. The minimum absolute atomic E-state index is 0. The third kappa shape index (κ3) is 3.36. The number of benzene rings is 1. The minimum atomic E-state index is -0.115. The van der Waals surface area contributed by atoms with Gasteiger partial charge in [0.05, 0.1) is 18.6 Å². The molecule has 2 saturated carbocycles. The summed E-state index contributed by atoms with van der Waals surface area (Å²) in [5.74, 6) is 2.30. The van der Waals surface area contributed by atoms with Crippen LogP contribution in [-0.4, -0.2) is 59.1 Å². The lowest BCUT2D eigenvalue weighted by Gasteiger charge is -2.60. The first-order chi connectivity index (χ1) is 16.6. The molecule has 35 heavy (non-hydrogen) atoms. The molecule has 5 atom stereocenters. The van der Waals surface area contributed by atoms with Gasteiger partial charge >= 0.3 is 0 Å². The molecular formula is C28H33ClN2O4. The van der Waals surface area contributed by atoms with Crippen molar-refractivity contribution in [2.75, 3.05) is 20.1 Å².